The monoisotopic (exact) mass is 534 g/mol. The molecule has 39 heavy (non-hydrogen) atoms. The number of hydrogen-bond donors (Lipinski definition) is 3. The summed E-state index contributed by atoms with van der Waals surface area (Å²) >= 11 is 0. The Kier molecular flexibility index (Phi) is 6.86. The second-order valence-corrected chi connectivity index (χ2v) is 11.6. The molecule has 0 unspecified atom stereocenters. The molecule has 6 rings (SSSR count). The first-order chi connectivity index (χ1) is 18.8. The molecular formula is C27H38N10O2. The van der Waals surface area contributed by atoms with Crippen molar-refractivity contribution in [1.82, 2.24) is 39.4 Å². The van der Waals surface area contributed by atoms with Gasteiger partial charge in [-0.2, -0.15) is 15.2 Å². The van der Waals surface area contributed by atoms with Crippen molar-refractivity contribution in [3.63, 3.8) is 0 Å². The van der Waals surface area contributed by atoms with Crippen LogP contribution in [-0.2, 0) is 20.1 Å². The highest BCUT2D eigenvalue weighted by molar-refractivity contribution is 5.87. The van der Waals surface area contributed by atoms with Crippen LogP contribution in [0.5, 0.6) is 0 Å². The predicted molar refractivity (Wildman–Crippen MR) is 148 cm³/mol. The van der Waals surface area contributed by atoms with E-state index < -0.39 is 5.76 Å². The Labute approximate surface area is 227 Å². The summed E-state index contributed by atoms with van der Waals surface area (Å²) in [4.78, 5) is 30.1. The molecule has 0 saturated heterocycles. The predicted octanol–water partition coefficient (Wildman–Crippen LogP) is 4.25. The minimum absolute atomic E-state index is 0.192. The number of fused-ring (bicyclic) bond motifs is 1. The van der Waals surface area contributed by atoms with Crippen molar-refractivity contribution < 1.29 is 4.52 Å². The molecule has 4 aromatic rings. The standard InChI is InChI=1S/C27H38N10O2/c1-15-8-10-18(11-9-15)13-37-21-22(29-16(2)19-6-5-7-19)30-24(25-33-27(38)39-35-25)31-23(21)32-26(37)28-12-20-14-36(4)34-17(20)3/h14-16,18-19H,5-13H2,1-4H3,(H,33,35,38)(H2,28,29,30,31,32)/t15?,16-,18?/m1/s1. The molecule has 4 aromatic heterocycles. The summed E-state index contributed by atoms with van der Waals surface area (Å²) in [5.41, 5.74) is 3.54. The molecule has 2 saturated carbocycles. The molecule has 0 amide bonds. The Hall–Kier alpha value is -3.70. The van der Waals surface area contributed by atoms with Crippen LogP contribution in [-0.4, -0.2) is 45.5 Å². The van der Waals surface area contributed by atoms with Crippen LogP contribution in [0.1, 0.15) is 70.1 Å². The average molecular weight is 535 g/mol. The Morgan fingerprint density at radius 1 is 1.13 bits per heavy atom. The van der Waals surface area contributed by atoms with Crippen LogP contribution in [0.4, 0.5) is 11.8 Å². The molecule has 208 valence electrons. The summed E-state index contributed by atoms with van der Waals surface area (Å²) < 4.78 is 8.91. The van der Waals surface area contributed by atoms with Gasteiger partial charge in [-0.25, -0.2) is 14.8 Å². The maximum absolute atomic E-state index is 11.7. The van der Waals surface area contributed by atoms with Gasteiger partial charge in [0, 0.05) is 37.9 Å². The Morgan fingerprint density at radius 2 is 1.92 bits per heavy atom. The van der Waals surface area contributed by atoms with Crippen LogP contribution in [0.15, 0.2) is 15.5 Å². The van der Waals surface area contributed by atoms with Crippen LogP contribution in [0.3, 0.4) is 0 Å². The normalized spacial score (nSPS) is 20.7. The largest absolute Gasteiger partial charge is 0.460 e. The van der Waals surface area contributed by atoms with E-state index in [1.807, 2.05) is 24.9 Å². The van der Waals surface area contributed by atoms with Crippen molar-refractivity contribution in [3.05, 3.63) is 28.0 Å². The molecule has 12 nitrogen and oxygen atoms in total. The highest BCUT2D eigenvalue weighted by Gasteiger charge is 2.28. The first-order valence-electron chi connectivity index (χ1n) is 14.2. The van der Waals surface area contributed by atoms with E-state index in [1.165, 1.54) is 44.9 Å². The molecule has 0 bridgehead atoms. The van der Waals surface area contributed by atoms with Crippen LogP contribution in [0.25, 0.3) is 22.8 Å². The van der Waals surface area contributed by atoms with Crippen molar-refractivity contribution in [3.8, 4) is 11.6 Å². The fraction of sp³-hybridized carbons (Fsp3) is 0.630. The van der Waals surface area contributed by atoms with Gasteiger partial charge in [0.1, 0.15) is 5.52 Å². The number of nitrogens with one attached hydrogen (secondary N) is 3. The number of imidazole rings is 1. The molecule has 0 radical (unpaired) electrons. The van der Waals surface area contributed by atoms with E-state index in [0.717, 1.165) is 35.2 Å². The van der Waals surface area contributed by atoms with E-state index in [2.05, 4.69) is 44.3 Å². The number of H-pyrrole nitrogens is 1. The summed E-state index contributed by atoms with van der Waals surface area (Å²) in [6.45, 7) is 8.02. The zero-order valence-electron chi connectivity index (χ0n) is 23.2. The summed E-state index contributed by atoms with van der Waals surface area (Å²) in [7, 11) is 1.93. The van der Waals surface area contributed by atoms with Crippen molar-refractivity contribution in [1.29, 1.82) is 0 Å². The first-order valence-corrected chi connectivity index (χ1v) is 14.2. The van der Waals surface area contributed by atoms with Gasteiger partial charge in [-0.1, -0.05) is 26.2 Å². The van der Waals surface area contributed by atoms with E-state index >= 15 is 0 Å². The molecule has 1 atom stereocenters. The number of nitrogens with zero attached hydrogens (tertiary/aromatic N) is 7. The summed E-state index contributed by atoms with van der Waals surface area (Å²) in [6, 6.07) is 0.245. The fourth-order valence-electron chi connectivity index (χ4n) is 5.92. The SMILES string of the molecule is Cc1nn(C)cc1CNc1nc2nc(-c3nc(=O)o[nH]3)nc(N[C@H](C)C3CCC3)c2n1CC1CCC(C)CC1. The van der Waals surface area contributed by atoms with Crippen molar-refractivity contribution in [2.75, 3.05) is 10.6 Å². The zero-order valence-corrected chi connectivity index (χ0v) is 23.2. The second-order valence-electron chi connectivity index (χ2n) is 11.6. The van der Waals surface area contributed by atoms with Gasteiger partial charge < -0.3 is 19.7 Å². The zero-order chi connectivity index (χ0) is 27.1. The molecule has 2 aliphatic rings. The Balaban J connectivity index is 1.43. The lowest BCUT2D eigenvalue weighted by Gasteiger charge is -2.32. The summed E-state index contributed by atoms with van der Waals surface area (Å²) in [5.74, 6) is 3.17. The smallest absolute Gasteiger partial charge is 0.365 e. The quantitative estimate of drug-likeness (QED) is 0.287. The van der Waals surface area contributed by atoms with Gasteiger partial charge in [0.2, 0.25) is 17.6 Å². The third-order valence-electron chi connectivity index (χ3n) is 8.60. The Morgan fingerprint density at radius 3 is 2.56 bits per heavy atom. The minimum Gasteiger partial charge on any atom is -0.365 e. The fourth-order valence-corrected chi connectivity index (χ4v) is 5.92. The third-order valence-corrected chi connectivity index (χ3v) is 8.60. The lowest BCUT2D eigenvalue weighted by molar-refractivity contribution is 0.267. The number of rotatable bonds is 9. The van der Waals surface area contributed by atoms with Gasteiger partial charge in [0.15, 0.2) is 11.5 Å². The van der Waals surface area contributed by atoms with Gasteiger partial charge >= 0.3 is 5.76 Å². The van der Waals surface area contributed by atoms with Gasteiger partial charge in [-0.3, -0.25) is 4.68 Å². The highest BCUT2D eigenvalue weighted by atomic mass is 16.5. The summed E-state index contributed by atoms with van der Waals surface area (Å²) in [5, 5.41) is 14.3. The third kappa shape index (κ3) is 5.28. The van der Waals surface area contributed by atoms with E-state index in [0.29, 0.717) is 29.8 Å². The molecule has 0 spiro atoms. The molecule has 2 fully saturated rings. The minimum atomic E-state index is -0.711. The van der Waals surface area contributed by atoms with E-state index in [-0.39, 0.29) is 17.7 Å². The van der Waals surface area contributed by atoms with E-state index in [9.17, 15) is 4.79 Å². The molecule has 0 aliphatic heterocycles. The maximum Gasteiger partial charge on any atom is 0.460 e. The number of aromatic nitrogens is 8. The first kappa shape index (κ1) is 25.6. The number of aryl methyl sites for hydroxylation is 2. The number of anilines is 2. The van der Waals surface area contributed by atoms with Gasteiger partial charge in [-0.05, 0) is 57.3 Å². The lowest BCUT2D eigenvalue weighted by Crippen LogP contribution is -2.31. The van der Waals surface area contributed by atoms with Crippen LogP contribution < -0.4 is 16.4 Å². The van der Waals surface area contributed by atoms with E-state index in [1.54, 1.807) is 0 Å². The van der Waals surface area contributed by atoms with Gasteiger partial charge in [0.05, 0.1) is 5.69 Å². The topological polar surface area (TPSA) is 144 Å². The second kappa shape index (κ2) is 10.5. The van der Waals surface area contributed by atoms with Gasteiger partial charge in [-0.15, -0.1) is 4.98 Å². The lowest BCUT2D eigenvalue weighted by atomic mass is 9.80. The molecular weight excluding hydrogens is 496 g/mol. The number of hydrogen-bond acceptors (Lipinski definition) is 9. The average Bonchev–Trinajstić information content (AvgIpc) is 3.54. The van der Waals surface area contributed by atoms with Gasteiger partial charge in [0.25, 0.3) is 0 Å². The van der Waals surface area contributed by atoms with Crippen LogP contribution >= 0.6 is 0 Å². The molecule has 3 N–H and O–H groups in total. The molecule has 12 heteroatoms. The molecule has 4 heterocycles. The van der Waals surface area contributed by atoms with Crippen LogP contribution in [0.2, 0.25) is 0 Å². The highest BCUT2D eigenvalue weighted by Crippen LogP contribution is 2.35. The van der Waals surface area contributed by atoms with Crippen molar-refractivity contribution >= 4 is 22.9 Å². The maximum atomic E-state index is 11.7. The van der Waals surface area contributed by atoms with Crippen LogP contribution in [0, 0.1) is 24.7 Å². The molecule has 0 aromatic carbocycles. The van der Waals surface area contributed by atoms with Crippen molar-refractivity contribution in [2.24, 2.45) is 24.8 Å². The summed E-state index contributed by atoms with van der Waals surface area (Å²) in [6.07, 6.45) is 10.6. The van der Waals surface area contributed by atoms with Crippen molar-refractivity contribution in [2.45, 2.75) is 84.8 Å². The Bertz CT molecular complexity index is 1500. The van der Waals surface area contributed by atoms with E-state index in [4.69, 9.17) is 19.5 Å². The number of aromatic amines is 1. The molecule has 2 aliphatic carbocycles.